The Hall–Kier alpha value is -2.26. The summed E-state index contributed by atoms with van der Waals surface area (Å²) in [7, 11) is 0. The number of hydrogen-bond acceptors (Lipinski definition) is 7. The summed E-state index contributed by atoms with van der Waals surface area (Å²) in [6.45, 7) is 1.90. The lowest BCUT2D eigenvalue weighted by Crippen LogP contribution is -2.01. The highest BCUT2D eigenvalue weighted by Gasteiger charge is 2.10. The number of hydrogen-bond donors (Lipinski definition) is 4. The molecule has 9 heteroatoms. The largest absolute Gasteiger partial charge is 0.481 e. The number of carboxylic acid groups (broad SMARTS) is 2. The normalized spacial score (nSPS) is 12.0. The molecule has 132 valence electrons. The van der Waals surface area contributed by atoms with Crippen molar-refractivity contribution in [2.75, 3.05) is 0 Å². The second-order valence-electron chi connectivity index (χ2n) is 4.34. The molecule has 1 heterocycles. The fraction of sp³-hybridized carbons (Fsp3) is 0.571. The first-order valence-corrected chi connectivity index (χ1v) is 6.92. The van der Waals surface area contributed by atoms with Crippen molar-refractivity contribution < 1.29 is 44.3 Å². The van der Waals surface area contributed by atoms with E-state index in [0.717, 1.165) is 18.6 Å². The number of aliphatic hydroxyl groups excluding tert-OH is 1. The van der Waals surface area contributed by atoms with E-state index in [0.29, 0.717) is 19.3 Å². The fourth-order valence-electron chi connectivity index (χ4n) is 1.11. The highest BCUT2D eigenvalue weighted by atomic mass is 16.6. The van der Waals surface area contributed by atoms with Crippen LogP contribution in [0, 0.1) is 0 Å². The highest BCUT2D eigenvalue weighted by Crippen LogP contribution is 1.98. The Bertz CT molecular complexity index is 380. The Morgan fingerprint density at radius 2 is 1.39 bits per heavy atom. The van der Waals surface area contributed by atoms with Crippen molar-refractivity contribution >= 4 is 23.9 Å². The van der Waals surface area contributed by atoms with Crippen molar-refractivity contribution in [3.05, 3.63) is 12.2 Å². The van der Waals surface area contributed by atoms with E-state index in [9.17, 15) is 19.2 Å². The summed E-state index contributed by atoms with van der Waals surface area (Å²) in [6, 6.07) is 0. The van der Waals surface area contributed by atoms with E-state index in [1.807, 2.05) is 6.92 Å². The second-order valence-corrected chi connectivity index (χ2v) is 4.34. The van der Waals surface area contributed by atoms with Crippen LogP contribution in [0.15, 0.2) is 12.2 Å². The average molecular weight is 334 g/mol. The second kappa shape index (κ2) is 14.7. The fourth-order valence-corrected chi connectivity index (χ4v) is 1.11. The Balaban J connectivity index is 0. The maximum absolute atomic E-state index is 9.92. The Morgan fingerprint density at radius 3 is 1.52 bits per heavy atom. The summed E-state index contributed by atoms with van der Waals surface area (Å²) in [5.41, 5.74) is 0. The van der Waals surface area contributed by atoms with Crippen LogP contribution in [-0.2, 0) is 23.9 Å². The highest BCUT2D eigenvalue weighted by molar-refractivity contribution is 6.04. The van der Waals surface area contributed by atoms with E-state index in [-0.39, 0.29) is 12.8 Å². The number of aliphatic hydroxyl groups is 2. The van der Waals surface area contributed by atoms with Crippen LogP contribution in [-0.4, -0.2) is 50.6 Å². The van der Waals surface area contributed by atoms with Gasteiger partial charge in [-0.25, -0.2) is 9.59 Å². The summed E-state index contributed by atoms with van der Waals surface area (Å²) < 4.78 is 3.97. The van der Waals surface area contributed by atoms with Crippen LogP contribution >= 0.6 is 0 Å². The number of rotatable bonds is 7. The maximum Gasteiger partial charge on any atom is 0.338 e. The molecular weight excluding hydrogens is 312 g/mol. The number of carbonyl (C=O) groups is 4. The van der Waals surface area contributed by atoms with Gasteiger partial charge in [-0.3, -0.25) is 9.59 Å². The number of unbranched alkanes of at least 4 members (excludes halogenated alkanes) is 1. The molecule has 0 atom stereocenters. The van der Waals surface area contributed by atoms with Gasteiger partial charge in [0.1, 0.15) is 0 Å². The average Bonchev–Trinajstić information content (AvgIpc) is 2.79. The minimum atomic E-state index is -1.10. The molecular formula is C14H22O9. The summed E-state index contributed by atoms with van der Waals surface area (Å²) in [6.07, 6.45) is 3.40. The molecule has 9 nitrogen and oxygen atoms in total. The van der Waals surface area contributed by atoms with Gasteiger partial charge in [0.15, 0.2) is 6.29 Å². The SMILES string of the molecule is CCCC(O)O.O=C(O)CCCCC(=O)O.O=C1C=CC(=O)O1. The summed E-state index contributed by atoms with van der Waals surface area (Å²) in [5.74, 6) is -2.90. The first kappa shape index (κ1) is 23.0. The molecule has 0 fully saturated rings. The maximum atomic E-state index is 9.92. The van der Waals surface area contributed by atoms with Crippen molar-refractivity contribution in [2.24, 2.45) is 0 Å². The molecule has 0 aromatic heterocycles. The predicted octanol–water partition coefficient (Wildman–Crippen LogP) is 0.439. The Labute approximate surface area is 133 Å². The molecule has 0 unspecified atom stereocenters. The van der Waals surface area contributed by atoms with Gasteiger partial charge in [0.05, 0.1) is 0 Å². The van der Waals surface area contributed by atoms with E-state index in [1.54, 1.807) is 0 Å². The Kier molecular flexibility index (Phi) is 14.7. The number of esters is 2. The molecule has 0 aromatic rings. The van der Waals surface area contributed by atoms with Crippen molar-refractivity contribution in [2.45, 2.75) is 51.7 Å². The molecule has 0 bridgehead atoms. The molecule has 0 spiro atoms. The lowest BCUT2D eigenvalue weighted by Gasteiger charge is -1.94. The monoisotopic (exact) mass is 334 g/mol. The van der Waals surface area contributed by atoms with Crippen LogP contribution in [0.2, 0.25) is 0 Å². The quantitative estimate of drug-likeness (QED) is 0.224. The molecule has 0 amide bonds. The van der Waals surface area contributed by atoms with Gasteiger partial charge >= 0.3 is 23.9 Å². The van der Waals surface area contributed by atoms with Crippen molar-refractivity contribution in [3.8, 4) is 0 Å². The topological polar surface area (TPSA) is 158 Å². The lowest BCUT2D eigenvalue weighted by molar-refractivity contribution is -0.150. The van der Waals surface area contributed by atoms with Crippen LogP contribution in [0.1, 0.15) is 45.4 Å². The van der Waals surface area contributed by atoms with Crippen LogP contribution in [0.3, 0.4) is 0 Å². The first-order valence-electron chi connectivity index (χ1n) is 6.92. The minimum Gasteiger partial charge on any atom is -0.481 e. The zero-order chi connectivity index (χ0) is 18.3. The summed E-state index contributed by atoms with van der Waals surface area (Å²) >= 11 is 0. The molecule has 0 aliphatic carbocycles. The third kappa shape index (κ3) is 22.2. The van der Waals surface area contributed by atoms with Crippen molar-refractivity contribution in [3.63, 3.8) is 0 Å². The summed E-state index contributed by atoms with van der Waals surface area (Å²) in [4.78, 5) is 39.6. The van der Waals surface area contributed by atoms with E-state index in [2.05, 4.69) is 4.74 Å². The van der Waals surface area contributed by atoms with Gasteiger partial charge in [-0.15, -0.1) is 0 Å². The number of carbonyl (C=O) groups excluding carboxylic acids is 2. The van der Waals surface area contributed by atoms with Gasteiger partial charge in [0.2, 0.25) is 0 Å². The van der Waals surface area contributed by atoms with Gasteiger partial charge in [-0.2, -0.15) is 0 Å². The predicted molar refractivity (Wildman–Crippen MR) is 77.1 cm³/mol. The standard InChI is InChI=1S/C6H10O4.C4H2O3.C4H10O2/c7-5(8)3-1-2-4-6(9)10;5-3-1-2-4(6)7-3;1-2-3-4(5)6/h1-4H2,(H,7,8)(H,9,10);1-2H;4-6H,2-3H2,1H3. The molecule has 23 heavy (non-hydrogen) atoms. The number of carboxylic acids is 2. The molecule has 0 aromatic carbocycles. The van der Waals surface area contributed by atoms with Gasteiger partial charge < -0.3 is 25.2 Å². The first-order chi connectivity index (χ1) is 10.7. The van der Waals surface area contributed by atoms with E-state index in [1.165, 1.54) is 0 Å². The number of ether oxygens (including phenoxy) is 1. The van der Waals surface area contributed by atoms with Gasteiger partial charge in [0, 0.05) is 25.0 Å². The van der Waals surface area contributed by atoms with Gasteiger partial charge in [-0.1, -0.05) is 13.3 Å². The van der Waals surface area contributed by atoms with Crippen LogP contribution < -0.4 is 0 Å². The number of aliphatic carboxylic acids is 2. The zero-order valence-electron chi connectivity index (χ0n) is 12.8. The van der Waals surface area contributed by atoms with Gasteiger partial charge in [0.25, 0.3) is 0 Å². The lowest BCUT2D eigenvalue weighted by atomic mass is 10.2. The van der Waals surface area contributed by atoms with Gasteiger partial charge in [-0.05, 0) is 19.3 Å². The third-order valence-corrected chi connectivity index (χ3v) is 2.13. The van der Waals surface area contributed by atoms with Crippen molar-refractivity contribution in [1.82, 2.24) is 0 Å². The molecule has 0 radical (unpaired) electrons. The Morgan fingerprint density at radius 1 is 1.00 bits per heavy atom. The van der Waals surface area contributed by atoms with E-state index >= 15 is 0 Å². The van der Waals surface area contributed by atoms with Crippen molar-refractivity contribution in [1.29, 1.82) is 0 Å². The molecule has 1 aliphatic rings. The third-order valence-electron chi connectivity index (χ3n) is 2.13. The molecule has 1 rings (SSSR count). The minimum absolute atomic E-state index is 0.0628. The summed E-state index contributed by atoms with van der Waals surface area (Å²) in [5, 5.41) is 32.5. The molecule has 0 saturated carbocycles. The van der Waals surface area contributed by atoms with Crippen LogP contribution in [0.4, 0.5) is 0 Å². The zero-order valence-corrected chi connectivity index (χ0v) is 12.8. The van der Waals surface area contributed by atoms with E-state index in [4.69, 9.17) is 20.4 Å². The van der Waals surface area contributed by atoms with Crippen LogP contribution in [0.25, 0.3) is 0 Å². The molecule has 1 aliphatic heterocycles. The molecule has 4 N–H and O–H groups in total. The smallest absolute Gasteiger partial charge is 0.338 e. The molecule has 0 saturated heterocycles. The van der Waals surface area contributed by atoms with Crippen LogP contribution in [0.5, 0.6) is 0 Å². The number of cyclic esters (lactones) is 2. The van der Waals surface area contributed by atoms with E-state index < -0.39 is 30.2 Å².